The molecule has 0 N–H and O–H groups in total. The van der Waals surface area contributed by atoms with Crippen LogP contribution in [0.1, 0.15) is 12.6 Å². The maximum absolute atomic E-state index is 14.4. The summed E-state index contributed by atoms with van der Waals surface area (Å²) in [5.74, 6) is 1.70. The Hall–Kier alpha value is -2.87. The Bertz CT molecular complexity index is 1590. The Morgan fingerprint density at radius 1 is 1.12 bits per heavy atom. The predicted molar refractivity (Wildman–Crippen MR) is 167 cm³/mol. The molecule has 4 aromatic rings. The van der Waals surface area contributed by atoms with Crippen molar-refractivity contribution in [2.24, 2.45) is 0 Å². The second kappa shape index (κ2) is 12.6. The van der Waals surface area contributed by atoms with Gasteiger partial charge in [0.05, 0.1) is 36.4 Å². The van der Waals surface area contributed by atoms with Crippen LogP contribution in [0.2, 0.25) is 30.7 Å². The van der Waals surface area contributed by atoms with Crippen LogP contribution in [-0.4, -0.2) is 62.3 Å². The average Bonchev–Trinajstić information content (AvgIpc) is 3.59. The molecular formula is C27H33BrClN5O5SSi. The number of hydrogen-bond donors (Lipinski definition) is 0. The number of rotatable bonds is 12. The Morgan fingerprint density at radius 3 is 2.37 bits per heavy atom. The highest BCUT2D eigenvalue weighted by molar-refractivity contribution is 9.10. The molecule has 14 heteroatoms. The molecule has 0 aliphatic rings. The lowest BCUT2D eigenvalue weighted by molar-refractivity contribution is 0.391. The molecule has 0 saturated carbocycles. The lowest BCUT2D eigenvalue weighted by atomic mass is 10.2. The second-order valence-corrected chi connectivity index (χ2v) is 19.9. The molecule has 0 fully saturated rings. The normalized spacial score (nSPS) is 12.8. The molecule has 3 aromatic heterocycles. The van der Waals surface area contributed by atoms with Gasteiger partial charge >= 0.3 is 0 Å². The van der Waals surface area contributed by atoms with Crippen molar-refractivity contribution in [3.05, 3.63) is 64.0 Å². The van der Waals surface area contributed by atoms with Crippen molar-refractivity contribution in [2.75, 3.05) is 25.1 Å². The number of pyridine rings is 1. The largest absolute Gasteiger partial charge is 0.494 e. The fraction of sp³-hybridized carbons (Fsp3) is 0.370. The zero-order chi connectivity index (χ0) is 29.9. The van der Waals surface area contributed by atoms with Crippen molar-refractivity contribution in [1.29, 1.82) is 0 Å². The molecule has 0 radical (unpaired) electrons. The number of ether oxygens (including phenoxy) is 2. The van der Waals surface area contributed by atoms with Crippen LogP contribution in [0, 0.1) is 0 Å². The van der Waals surface area contributed by atoms with Crippen LogP contribution in [0.3, 0.4) is 0 Å². The fourth-order valence-corrected chi connectivity index (χ4v) is 7.58. The number of sulfonamides is 1. The van der Waals surface area contributed by atoms with E-state index >= 15 is 0 Å². The molecule has 0 amide bonds. The van der Waals surface area contributed by atoms with E-state index in [1.807, 2.05) is 0 Å². The third-order valence-corrected chi connectivity index (χ3v) is 11.2. The summed E-state index contributed by atoms with van der Waals surface area (Å²) in [6, 6.07) is 11.2. The predicted octanol–water partition coefficient (Wildman–Crippen LogP) is 6.46. The quantitative estimate of drug-likeness (QED) is 0.157. The van der Waals surface area contributed by atoms with Gasteiger partial charge in [0.25, 0.3) is 0 Å². The molecule has 3 heterocycles. The zero-order valence-corrected chi connectivity index (χ0v) is 27.9. The summed E-state index contributed by atoms with van der Waals surface area (Å²) < 4.78 is 49.5. The summed E-state index contributed by atoms with van der Waals surface area (Å²) in [6.45, 7) is 8.46. The van der Waals surface area contributed by atoms with Crippen molar-refractivity contribution in [1.82, 2.24) is 19.7 Å². The van der Waals surface area contributed by atoms with E-state index in [9.17, 15) is 8.42 Å². The smallest absolute Gasteiger partial charge is 0.246 e. The summed E-state index contributed by atoms with van der Waals surface area (Å²) in [5, 5.41) is 8.46. The summed E-state index contributed by atoms with van der Waals surface area (Å²) in [7, 11) is -2.63. The highest BCUT2D eigenvalue weighted by Crippen LogP contribution is 2.39. The third-order valence-electron chi connectivity index (χ3n) is 6.48. The van der Waals surface area contributed by atoms with Crippen molar-refractivity contribution in [2.45, 2.75) is 44.3 Å². The van der Waals surface area contributed by atoms with Crippen LogP contribution in [-0.2, 0) is 16.4 Å². The average molecular weight is 683 g/mol. The maximum Gasteiger partial charge on any atom is 0.246 e. The number of benzene rings is 1. The van der Waals surface area contributed by atoms with Crippen LogP contribution in [0.15, 0.2) is 57.7 Å². The summed E-state index contributed by atoms with van der Waals surface area (Å²) in [6.07, 6.45) is 3.18. The Kier molecular flexibility index (Phi) is 9.51. The first kappa shape index (κ1) is 31.1. The van der Waals surface area contributed by atoms with E-state index in [-0.39, 0.29) is 18.9 Å². The number of aromatic nitrogens is 4. The van der Waals surface area contributed by atoms with Crippen molar-refractivity contribution in [3.8, 4) is 28.8 Å². The Morgan fingerprint density at radius 2 is 1.80 bits per heavy atom. The van der Waals surface area contributed by atoms with Gasteiger partial charge in [0, 0.05) is 31.7 Å². The number of halogens is 2. The fourth-order valence-electron chi connectivity index (χ4n) is 4.23. The number of furan rings is 1. The summed E-state index contributed by atoms with van der Waals surface area (Å²) >= 11 is 9.53. The van der Waals surface area contributed by atoms with Gasteiger partial charge in [-0.05, 0) is 59.2 Å². The van der Waals surface area contributed by atoms with Crippen LogP contribution >= 0.6 is 27.5 Å². The minimum atomic E-state index is -4.00. The van der Waals surface area contributed by atoms with Crippen LogP contribution < -0.4 is 13.8 Å². The number of para-hydroxylation sites is 1. The molecule has 1 aromatic carbocycles. The number of nitrogens with zero attached hydrogens (tertiary/aromatic N) is 5. The molecule has 0 aliphatic heterocycles. The van der Waals surface area contributed by atoms with Gasteiger partial charge in [-0.1, -0.05) is 37.3 Å². The van der Waals surface area contributed by atoms with Gasteiger partial charge < -0.3 is 13.9 Å². The highest BCUT2D eigenvalue weighted by atomic mass is 79.9. The van der Waals surface area contributed by atoms with Gasteiger partial charge in [0.1, 0.15) is 17.2 Å². The first-order valence-corrected chi connectivity index (χ1v) is 19.3. The number of methoxy groups -OCH3 is 2. The molecule has 220 valence electrons. The van der Waals surface area contributed by atoms with Crippen LogP contribution in [0.5, 0.6) is 11.5 Å². The van der Waals surface area contributed by atoms with E-state index in [0.29, 0.717) is 50.0 Å². The second-order valence-electron chi connectivity index (χ2n) is 10.7. The van der Waals surface area contributed by atoms with E-state index in [1.54, 1.807) is 47.9 Å². The molecule has 0 saturated heterocycles. The lowest BCUT2D eigenvalue weighted by Gasteiger charge is -2.29. The van der Waals surface area contributed by atoms with Crippen LogP contribution in [0.4, 0.5) is 5.95 Å². The standard InChI is InChI=1S/C27H33BrClN5O5SSi/c1-18(15-21-20(28)16-19(29)17-30-21)40(35,36)33(12-14-41(4,5)6)27-32-31-26(24-11-8-13-39-24)34(27)25-22(37-2)9-7-10-23(25)38-3/h7-11,13,16-18H,12,14-15H2,1-6H3/t18-/m0/s1. The molecule has 0 spiro atoms. The molecule has 41 heavy (non-hydrogen) atoms. The Labute approximate surface area is 254 Å². The monoisotopic (exact) mass is 681 g/mol. The van der Waals surface area contributed by atoms with Gasteiger partial charge in [-0.25, -0.2) is 12.7 Å². The topological polar surface area (TPSA) is 113 Å². The van der Waals surface area contributed by atoms with Gasteiger partial charge in [-0.3, -0.25) is 9.55 Å². The van der Waals surface area contributed by atoms with Crippen molar-refractivity contribution < 1.29 is 22.3 Å². The van der Waals surface area contributed by atoms with Gasteiger partial charge in [0.15, 0.2) is 5.76 Å². The molecular weight excluding hydrogens is 650 g/mol. The van der Waals surface area contributed by atoms with E-state index in [2.05, 4.69) is 50.8 Å². The lowest BCUT2D eigenvalue weighted by Crippen LogP contribution is -2.42. The van der Waals surface area contributed by atoms with Gasteiger partial charge in [-0.2, -0.15) is 0 Å². The van der Waals surface area contributed by atoms with E-state index in [0.717, 1.165) is 0 Å². The first-order chi connectivity index (χ1) is 19.4. The molecule has 10 nitrogen and oxygen atoms in total. The first-order valence-electron chi connectivity index (χ1n) is 12.9. The minimum absolute atomic E-state index is 0.104. The third kappa shape index (κ3) is 6.79. The minimum Gasteiger partial charge on any atom is -0.494 e. The zero-order valence-electron chi connectivity index (χ0n) is 23.8. The maximum atomic E-state index is 14.4. The SMILES string of the molecule is COc1cccc(OC)c1-n1c(-c2ccco2)nnc1N(CC[Si](C)(C)C)S(=O)(=O)[C@@H](C)Cc1ncc(Cl)cc1Br. The van der Waals surface area contributed by atoms with Gasteiger partial charge in [-0.15, -0.1) is 10.2 Å². The van der Waals surface area contributed by atoms with Crippen LogP contribution in [0.25, 0.3) is 17.3 Å². The van der Waals surface area contributed by atoms with E-state index < -0.39 is 23.3 Å². The molecule has 4 rings (SSSR count). The number of hydrogen-bond acceptors (Lipinski definition) is 8. The van der Waals surface area contributed by atoms with Crippen molar-refractivity contribution in [3.63, 3.8) is 0 Å². The molecule has 0 aliphatic carbocycles. The molecule has 0 unspecified atom stereocenters. The van der Waals surface area contributed by atoms with Gasteiger partial charge in [0.2, 0.25) is 21.8 Å². The van der Waals surface area contributed by atoms with E-state index in [1.165, 1.54) is 31.0 Å². The van der Waals surface area contributed by atoms with Crippen molar-refractivity contribution >= 4 is 51.6 Å². The molecule has 1 atom stereocenters. The highest BCUT2D eigenvalue weighted by Gasteiger charge is 2.37. The Balaban J connectivity index is 1.92. The number of anilines is 1. The summed E-state index contributed by atoms with van der Waals surface area (Å²) in [4.78, 5) is 4.36. The molecule has 0 bridgehead atoms. The van der Waals surface area contributed by atoms with E-state index in [4.69, 9.17) is 25.5 Å². The summed E-state index contributed by atoms with van der Waals surface area (Å²) in [5.41, 5.74) is 1.03.